The predicted molar refractivity (Wildman–Crippen MR) is 72.5 cm³/mol. The highest BCUT2D eigenvalue weighted by Crippen LogP contribution is 2.24. The molecule has 100 valence electrons. The highest BCUT2D eigenvalue weighted by atomic mass is 16.3. The van der Waals surface area contributed by atoms with Gasteiger partial charge in [0.25, 0.3) is 0 Å². The van der Waals surface area contributed by atoms with Crippen molar-refractivity contribution in [3.05, 3.63) is 48.2 Å². The Labute approximate surface area is 111 Å². The lowest BCUT2D eigenvalue weighted by Crippen LogP contribution is -2.28. The number of rotatable bonds is 4. The van der Waals surface area contributed by atoms with Crippen molar-refractivity contribution in [3.63, 3.8) is 0 Å². The van der Waals surface area contributed by atoms with Gasteiger partial charge in [-0.2, -0.15) is 5.10 Å². The standard InChI is InChI=1S/C14H17N3O2/c1-14(19,11-6-4-3-5-7-11)10-13(18)15-12-8-9-17(2)16-12/h3-9,19H,10H2,1-2H3,(H,15,16,18). The zero-order chi connectivity index (χ0) is 13.9. The van der Waals surface area contributed by atoms with Crippen LogP contribution in [0.25, 0.3) is 0 Å². The van der Waals surface area contributed by atoms with Gasteiger partial charge >= 0.3 is 0 Å². The average molecular weight is 259 g/mol. The van der Waals surface area contributed by atoms with E-state index in [0.29, 0.717) is 11.4 Å². The van der Waals surface area contributed by atoms with Crippen molar-refractivity contribution in [1.82, 2.24) is 9.78 Å². The first-order valence-electron chi connectivity index (χ1n) is 6.05. The van der Waals surface area contributed by atoms with Gasteiger partial charge in [-0.3, -0.25) is 9.48 Å². The van der Waals surface area contributed by atoms with Gasteiger partial charge in [0.15, 0.2) is 5.82 Å². The van der Waals surface area contributed by atoms with E-state index in [1.165, 1.54) is 0 Å². The van der Waals surface area contributed by atoms with Crippen LogP contribution in [0.5, 0.6) is 0 Å². The maximum absolute atomic E-state index is 11.9. The van der Waals surface area contributed by atoms with E-state index >= 15 is 0 Å². The molecule has 0 aliphatic heterocycles. The fourth-order valence-corrected chi connectivity index (χ4v) is 1.88. The molecule has 5 nitrogen and oxygen atoms in total. The molecule has 1 aromatic heterocycles. The largest absolute Gasteiger partial charge is 0.385 e. The molecule has 0 radical (unpaired) electrons. The van der Waals surface area contributed by atoms with Crippen molar-refractivity contribution >= 4 is 11.7 Å². The van der Waals surface area contributed by atoms with E-state index in [-0.39, 0.29) is 12.3 Å². The summed E-state index contributed by atoms with van der Waals surface area (Å²) in [5.41, 5.74) is -0.480. The lowest BCUT2D eigenvalue weighted by atomic mass is 9.92. The van der Waals surface area contributed by atoms with Crippen LogP contribution in [0.15, 0.2) is 42.6 Å². The fraction of sp³-hybridized carbons (Fsp3) is 0.286. The molecule has 1 atom stereocenters. The summed E-state index contributed by atoms with van der Waals surface area (Å²) in [6, 6.07) is 10.8. The number of carbonyl (C=O) groups is 1. The molecule has 0 saturated carbocycles. The number of carbonyl (C=O) groups excluding carboxylic acids is 1. The summed E-state index contributed by atoms with van der Waals surface area (Å²) in [6.07, 6.45) is 1.72. The summed E-state index contributed by atoms with van der Waals surface area (Å²) < 4.78 is 1.60. The summed E-state index contributed by atoms with van der Waals surface area (Å²) in [5, 5.41) is 17.1. The van der Waals surface area contributed by atoms with E-state index in [1.807, 2.05) is 18.2 Å². The molecule has 1 aromatic carbocycles. The number of nitrogens with zero attached hydrogens (tertiary/aromatic N) is 2. The molecule has 0 spiro atoms. The highest BCUT2D eigenvalue weighted by Gasteiger charge is 2.26. The van der Waals surface area contributed by atoms with Gasteiger partial charge in [0, 0.05) is 19.3 Å². The van der Waals surface area contributed by atoms with Gasteiger partial charge in [-0.25, -0.2) is 0 Å². The summed E-state index contributed by atoms with van der Waals surface area (Å²) in [6.45, 7) is 1.63. The molecule has 2 N–H and O–H groups in total. The maximum atomic E-state index is 11.9. The van der Waals surface area contributed by atoms with E-state index in [2.05, 4.69) is 10.4 Å². The minimum absolute atomic E-state index is 0.0203. The maximum Gasteiger partial charge on any atom is 0.228 e. The Morgan fingerprint density at radius 2 is 2.05 bits per heavy atom. The zero-order valence-corrected chi connectivity index (χ0v) is 11.0. The Balaban J connectivity index is 2.02. The number of hydrogen-bond acceptors (Lipinski definition) is 3. The first-order valence-corrected chi connectivity index (χ1v) is 6.05. The smallest absolute Gasteiger partial charge is 0.228 e. The van der Waals surface area contributed by atoms with Gasteiger partial charge in [-0.15, -0.1) is 0 Å². The van der Waals surface area contributed by atoms with Crippen LogP contribution in [-0.2, 0) is 17.4 Å². The van der Waals surface area contributed by atoms with Crippen LogP contribution in [0.2, 0.25) is 0 Å². The number of aryl methyl sites for hydroxylation is 1. The van der Waals surface area contributed by atoms with Gasteiger partial charge in [0.05, 0.1) is 12.0 Å². The molecule has 5 heteroatoms. The van der Waals surface area contributed by atoms with Crippen molar-refractivity contribution < 1.29 is 9.90 Å². The summed E-state index contributed by atoms with van der Waals surface area (Å²) >= 11 is 0. The second-order valence-electron chi connectivity index (χ2n) is 4.74. The van der Waals surface area contributed by atoms with Crippen LogP contribution in [-0.4, -0.2) is 20.8 Å². The van der Waals surface area contributed by atoms with Gasteiger partial charge in [0.1, 0.15) is 0 Å². The third kappa shape index (κ3) is 3.42. The quantitative estimate of drug-likeness (QED) is 0.877. The Bertz CT molecular complexity index is 561. The Morgan fingerprint density at radius 1 is 1.37 bits per heavy atom. The topological polar surface area (TPSA) is 67.2 Å². The van der Waals surface area contributed by atoms with Gasteiger partial charge in [0.2, 0.25) is 5.91 Å². The van der Waals surface area contributed by atoms with E-state index in [1.54, 1.807) is 43.0 Å². The van der Waals surface area contributed by atoms with E-state index < -0.39 is 5.60 Å². The van der Waals surface area contributed by atoms with Crippen molar-refractivity contribution in [2.24, 2.45) is 7.05 Å². The van der Waals surface area contributed by atoms with Crippen molar-refractivity contribution in [2.75, 3.05) is 5.32 Å². The number of amides is 1. The van der Waals surface area contributed by atoms with E-state index in [0.717, 1.165) is 0 Å². The third-order valence-corrected chi connectivity index (χ3v) is 2.88. The lowest BCUT2D eigenvalue weighted by molar-refractivity contribution is -0.120. The average Bonchev–Trinajstić information content (AvgIpc) is 2.75. The molecule has 0 aliphatic rings. The van der Waals surface area contributed by atoms with Crippen LogP contribution in [0.1, 0.15) is 18.9 Å². The Morgan fingerprint density at radius 3 is 2.63 bits per heavy atom. The number of aliphatic hydroxyl groups is 1. The third-order valence-electron chi connectivity index (χ3n) is 2.88. The van der Waals surface area contributed by atoms with Gasteiger partial charge in [-0.05, 0) is 12.5 Å². The SMILES string of the molecule is Cn1ccc(NC(=O)CC(C)(O)c2ccccc2)n1. The molecule has 0 saturated heterocycles. The fourth-order valence-electron chi connectivity index (χ4n) is 1.88. The van der Waals surface area contributed by atoms with Crippen molar-refractivity contribution in [1.29, 1.82) is 0 Å². The molecule has 2 aromatic rings. The van der Waals surface area contributed by atoms with Crippen LogP contribution in [0.4, 0.5) is 5.82 Å². The number of hydrogen-bond donors (Lipinski definition) is 2. The first kappa shape index (κ1) is 13.3. The monoisotopic (exact) mass is 259 g/mol. The van der Waals surface area contributed by atoms with E-state index in [9.17, 15) is 9.90 Å². The number of aromatic nitrogens is 2. The minimum Gasteiger partial charge on any atom is -0.385 e. The normalized spacial score (nSPS) is 13.8. The molecule has 0 bridgehead atoms. The lowest BCUT2D eigenvalue weighted by Gasteiger charge is -2.22. The predicted octanol–water partition coefficient (Wildman–Crippen LogP) is 1.66. The molecule has 2 rings (SSSR count). The number of benzene rings is 1. The van der Waals surface area contributed by atoms with Gasteiger partial charge < -0.3 is 10.4 Å². The molecule has 1 unspecified atom stereocenters. The van der Waals surface area contributed by atoms with Crippen LogP contribution in [0.3, 0.4) is 0 Å². The van der Waals surface area contributed by atoms with Crippen LogP contribution in [0, 0.1) is 0 Å². The molecule has 19 heavy (non-hydrogen) atoms. The van der Waals surface area contributed by atoms with Crippen LogP contribution < -0.4 is 5.32 Å². The first-order chi connectivity index (χ1) is 8.97. The Hall–Kier alpha value is -2.14. The van der Waals surface area contributed by atoms with Crippen molar-refractivity contribution in [2.45, 2.75) is 18.9 Å². The molecular weight excluding hydrogens is 242 g/mol. The van der Waals surface area contributed by atoms with Crippen LogP contribution >= 0.6 is 0 Å². The Kier molecular flexibility index (Phi) is 3.66. The highest BCUT2D eigenvalue weighted by molar-refractivity contribution is 5.90. The number of anilines is 1. The second-order valence-corrected chi connectivity index (χ2v) is 4.74. The molecule has 1 amide bonds. The molecule has 1 heterocycles. The van der Waals surface area contributed by atoms with Gasteiger partial charge in [-0.1, -0.05) is 30.3 Å². The van der Waals surface area contributed by atoms with E-state index in [4.69, 9.17) is 0 Å². The summed E-state index contributed by atoms with van der Waals surface area (Å²) in [4.78, 5) is 11.9. The minimum atomic E-state index is -1.19. The molecule has 0 fully saturated rings. The summed E-state index contributed by atoms with van der Waals surface area (Å²) in [5.74, 6) is 0.212. The second kappa shape index (κ2) is 5.24. The number of nitrogens with one attached hydrogen (secondary N) is 1. The molecular formula is C14H17N3O2. The van der Waals surface area contributed by atoms with Crippen molar-refractivity contribution in [3.8, 4) is 0 Å². The zero-order valence-electron chi connectivity index (χ0n) is 11.0. The molecule has 0 aliphatic carbocycles. The summed E-state index contributed by atoms with van der Waals surface area (Å²) in [7, 11) is 1.77.